The zero-order valence-electron chi connectivity index (χ0n) is 17.9. The number of benzene rings is 2. The van der Waals surface area contributed by atoms with Crippen LogP contribution in [0, 0.1) is 5.92 Å². The van der Waals surface area contributed by atoms with Gasteiger partial charge in [-0.25, -0.2) is 0 Å². The average molecular weight is 404 g/mol. The molecule has 1 unspecified atom stereocenters. The highest BCUT2D eigenvalue weighted by Gasteiger charge is 2.23. The number of rotatable bonds is 6. The Morgan fingerprint density at radius 3 is 2.63 bits per heavy atom. The number of aryl methyl sites for hydroxylation is 1. The van der Waals surface area contributed by atoms with E-state index in [4.69, 9.17) is 4.52 Å². The Morgan fingerprint density at radius 2 is 1.83 bits per heavy atom. The van der Waals surface area contributed by atoms with E-state index in [0.29, 0.717) is 6.04 Å². The number of piperidine rings is 2. The molecule has 4 nitrogen and oxygen atoms in total. The number of nitrogens with zero attached hydrogens (tertiary/aromatic N) is 2. The lowest BCUT2D eigenvalue weighted by Gasteiger charge is -2.32. The Kier molecular flexibility index (Phi) is 6.14. The van der Waals surface area contributed by atoms with Crippen LogP contribution in [0.4, 0.5) is 0 Å². The zero-order chi connectivity index (χ0) is 20.2. The van der Waals surface area contributed by atoms with Gasteiger partial charge in [-0.1, -0.05) is 54.0 Å². The number of fused-ring (bicyclic) bond motifs is 1. The number of hydrogen-bond donors (Lipinski definition) is 1. The van der Waals surface area contributed by atoms with Crippen LogP contribution < -0.4 is 5.32 Å². The summed E-state index contributed by atoms with van der Waals surface area (Å²) in [6.07, 6.45) is 8.62. The molecule has 0 amide bonds. The molecule has 3 aromatic rings. The quantitative estimate of drug-likeness (QED) is 0.591. The van der Waals surface area contributed by atoms with Gasteiger partial charge in [0.2, 0.25) is 0 Å². The molecule has 1 N–H and O–H groups in total. The number of nitrogens with one attached hydrogen (secondary N) is 1. The summed E-state index contributed by atoms with van der Waals surface area (Å²) >= 11 is 0. The molecule has 30 heavy (non-hydrogen) atoms. The van der Waals surface area contributed by atoms with Crippen LogP contribution in [0.5, 0.6) is 0 Å². The average Bonchev–Trinajstić information content (AvgIpc) is 3.23. The van der Waals surface area contributed by atoms with Gasteiger partial charge >= 0.3 is 0 Å². The van der Waals surface area contributed by atoms with Gasteiger partial charge in [0.05, 0.1) is 5.69 Å². The van der Waals surface area contributed by atoms with Crippen molar-refractivity contribution >= 4 is 11.0 Å². The van der Waals surface area contributed by atoms with Crippen LogP contribution >= 0.6 is 0 Å². The van der Waals surface area contributed by atoms with Crippen LogP contribution in [0.15, 0.2) is 53.1 Å². The van der Waals surface area contributed by atoms with E-state index in [2.05, 4.69) is 63.9 Å². The molecule has 0 bridgehead atoms. The summed E-state index contributed by atoms with van der Waals surface area (Å²) in [6, 6.07) is 17.8. The number of likely N-dealkylation sites (tertiary alicyclic amines) is 1. The van der Waals surface area contributed by atoms with Crippen LogP contribution in [0.3, 0.4) is 0 Å². The van der Waals surface area contributed by atoms with Gasteiger partial charge in [-0.05, 0) is 81.3 Å². The minimum Gasteiger partial charge on any atom is -0.356 e. The summed E-state index contributed by atoms with van der Waals surface area (Å²) in [6.45, 7) is 4.61. The summed E-state index contributed by atoms with van der Waals surface area (Å²) in [4.78, 5) is 2.60. The molecule has 2 fully saturated rings. The minimum absolute atomic E-state index is 0.446. The van der Waals surface area contributed by atoms with Gasteiger partial charge in [0.15, 0.2) is 5.58 Å². The van der Waals surface area contributed by atoms with Crippen molar-refractivity contribution in [3.63, 3.8) is 0 Å². The van der Waals surface area contributed by atoms with Crippen molar-refractivity contribution in [1.82, 2.24) is 15.4 Å². The molecule has 1 aromatic heterocycles. The van der Waals surface area contributed by atoms with Gasteiger partial charge < -0.3 is 9.84 Å². The highest BCUT2D eigenvalue weighted by atomic mass is 16.5. The van der Waals surface area contributed by atoms with E-state index in [1.54, 1.807) is 0 Å². The van der Waals surface area contributed by atoms with Crippen LogP contribution in [0.1, 0.15) is 61.4 Å². The predicted octanol–water partition coefficient (Wildman–Crippen LogP) is 5.49. The molecule has 2 saturated heterocycles. The van der Waals surface area contributed by atoms with E-state index in [0.717, 1.165) is 31.0 Å². The van der Waals surface area contributed by atoms with Gasteiger partial charge in [0.25, 0.3) is 0 Å². The minimum atomic E-state index is 0.446. The maximum absolute atomic E-state index is 5.72. The molecule has 4 heteroatoms. The molecule has 2 aliphatic heterocycles. The van der Waals surface area contributed by atoms with Crippen LogP contribution in [0.25, 0.3) is 11.0 Å². The van der Waals surface area contributed by atoms with Crippen molar-refractivity contribution in [2.45, 2.75) is 57.5 Å². The molecule has 158 valence electrons. The molecule has 0 aliphatic carbocycles. The van der Waals surface area contributed by atoms with Gasteiger partial charge in [0, 0.05) is 18.0 Å². The Balaban J connectivity index is 1.20. The third kappa shape index (κ3) is 4.45. The SMILES string of the molecule is c1ccc(CN2CCC(CCc3noc4cccc(C5CCCCN5)c34)CC2)cc1. The molecular formula is C26H33N3O. The second-order valence-electron chi connectivity index (χ2n) is 9.10. The fourth-order valence-electron chi connectivity index (χ4n) is 5.28. The van der Waals surface area contributed by atoms with Gasteiger partial charge in [-0.3, -0.25) is 4.90 Å². The topological polar surface area (TPSA) is 41.3 Å². The Labute approximate surface area is 179 Å². The first-order valence-corrected chi connectivity index (χ1v) is 11.7. The first-order valence-electron chi connectivity index (χ1n) is 11.7. The molecular weight excluding hydrogens is 370 g/mol. The monoisotopic (exact) mass is 403 g/mol. The standard InChI is InChI=1S/C26H33N3O/c1-2-7-21(8-3-1)19-29-17-14-20(15-18-29)12-13-24-26-22(23-10-4-5-16-27-23)9-6-11-25(26)30-28-24/h1-3,6-9,11,20,23,27H,4-5,10,12-19H2. The highest BCUT2D eigenvalue weighted by molar-refractivity contribution is 5.83. The first-order chi connectivity index (χ1) is 14.9. The Bertz CT molecular complexity index is 937. The number of hydrogen-bond acceptors (Lipinski definition) is 4. The van der Waals surface area contributed by atoms with Crippen molar-refractivity contribution in [3.8, 4) is 0 Å². The lowest BCUT2D eigenvalue weighted by Crippen LogP contribution is -2.33. The Hall–Kier alpha value is -2.17. The third-order valence-electron chi connectivity index (χ3n) is 7.03. The largest absolute Gasteiger partial charge is 0.356 e. The van der Waals surface area contributed by atoms with Crippen LogP contribution in [0.2, 0.25) is 0 Å². The smallest absolute Gasteiger partial charge is 0.167 e. The van der Waals surface area contributed by atoms with Gasteiger partial charge in [0.1, 0.15) is 0 Å². The lowest BCUT2D eigenvalue weighted by molar-refractivity contribution is 0.172. The molecule has 5 rings (SSSR count). The summed E-state index contributed by atoms with van der Waals surface area (Å²) in [5.41, 5.74) is 4.93. The lowest BCUT2D eigenvalue weighted by atomic mass is 9.89. The fourth-order valence-corrected chi connectivity index (χ4v) is 5.28. The molecule has 0 radical (unpaired) electrons. The van der Waals surface area contributed by atoms with Crippen LogP contribution in [-0.4, -0.2) is 29.7 Å². The fraction of sp³-hybridized carbons (Fsp3) is 0.500. The molecule has 2 aromatic carbocycles. The maximum atomic E-state index is 5.72. The van der Waals surface area contributed by atoms with Crippen molar-refractivity contribution in [1.29, 1.82) is 0 Å². The van der Waals surface area contributed by atoms with Crippen molar-refractivity contribution in [2.75, 3.05) is 19.6 Å². The van der Waals surface area contributed by atoms with Crippen molar-refractivity contribution in [3.05, 3.63) is 65.4 Å². The highest BCUT2D eigenvalue weighted by Crippen LogP contribution is 2.33. The van der Waals surface area contributed by atoms with E-state index >= 15 is 0 Å². The summed E-state index contributed by atoms with van der Waals surface area (Å²) in [5, 5.41) is 9.47. The normalized spacial score (nSPS) is 21.3. The van der Waals surface area contributed by atoms with E-state index < -0.39 is 0 Å². The summed E-state index contributed by atoms with van der Waals surface area (Å²) in [7, 11) is 0. The van der Waals surface area contributed by atoms with E-state index in [1.807, 2.05) is 0 Å². The molecule has 3 heterocycles. The van der Waals surface area contributed by atoms with Crippen LogP contribution in [-0.2, 0) is 13.0 Å². The third-order valence-corrected chi connectivity index (χ3v) is 7.03. The predicted molar refractivity (Wildman–Crippen MR) is 121 cm³/mol. The molecule has 1 atom stereocenters. The van der Waals surface area contributed by atoms with Crippen molar-refractivity contribution < 1.29 is 4.52 Å². The summed E-state index contributed by atoms with van der Waals surface area (Å²) in [5.74, 6) is 0.795. The van der Waals surface area contributed by atoms with Gasteiger partial charge in [-0.2, -0.15) is 0 Å². The first kappa shape index (κ1) is 19.8. The molecule has 0 saturated carbocycles. The second-order valence-corrected chi connectivity index (χ2v) is 9.10. The van der Waals surface area contributed by atoms with Crippen molar-refractivity contribution in [2.24, 2.45) is 5.92 Å². The number of aromatic nitrogens is 1. The van der Waals surface area contributed by atoms with E-state index in [9.17, 15) is 0 Å². The molecule has 2 aliphatic rings. The molecule has 0 spiro atoms. The summed E-state index contributed by atoms with van der Waals surface area (Å²) < 4.78 is 5.72. The second kappa shape index (κ2) is 9.32. The zero-order valence-corrected chi connectivity index (χ0v) is 17.9. The maximum Gasteiger partial charge on any atom is 0.167 e. The van der Waals surface area contributed by atoms with Gasteiger partial charge in [-0.15, -0.1) is 0 Å². The van der Waals surface area contributed by atoms with E-state index in [1.165, 1.54) is 73.8 Å². The van der Waals surface area contributed by atoms with E-state index in [-0.39, 0.29) is 0 Å². The Morgan fingerprint density at radius 1 is 0.967 bits per heavy atom.